The molecule has 0 saturated carbocycles. The molecule has 0 aliphatic rings. The fourth-order valence-corrected chi connectivity index (χ4v) is 6.73. The Balaban J connectivity index is 4.58. The third-order valence-corrected chi connectivity index (χ3v) is 10.1. The summed E-state index contributed by atoms with van der Waals surface area (Å²) in [6.07, 6.45) is 39.8. The topological polar surface area (TPSA) is 95.9 Å². The van der Waals surface area contributed by atoms with Crippen molar-refractivity contribution in [2.24, 2.45) is 0 Å². The monoisotopic (exact) mass is 708 g/mol. The van der Waals surface area contributed by atoms with Crippen LogP contribution in [0.2, 0.25) is 0 Å². The van der Waals surface area contributed by atoms with Crippen LogP contribution in [0.25, 0.3) is 0 Å². The first-order valence-corrected chi connectivity index (χ1v) is 21.9. The van der Waals surface area contributed by atoms with E-state index < -0.39 is 18.2 Å². The van der Waals surface area contributed by atoms with Crippen LogP contribution < -0.4 is 5.32 Å². The third kappa shape index (κ3) is 33.7. The van der Waals surface area contributed by atoms with Crippen molar-refractivity contribution in [3.63, 3.8) is 0 Å². The lowest BCUT2D eigenvalue weighted by atomic mass is 10.0. The first-order chi connectivity index (χ1) is 24.5. The highest BCUT2D eigenvalue weighted by atomic mass is 16.5. The molecule has 0 radical (unpaired) electrons. The zero-order valence-electron chi connectivity index (χ0n) is 33.5. The number of esters is 1. The number of hydrogen-bond donors (Lipinski definition) is 3. The Bertz CT molecular complexity index is 757. The Hall–Kier alpha value is -1.40. The van der Waals surface area contributed by atoms with Gasteiger partial charge in [0.25, 0.3) is 0 Å². The van der Waals surface area contributed by atoms with Gasteiger partial charge in [0, 0.05) is 6.42 Å². The Kier molecular flexibility index (Phi) is 37.7. The third-order valence-electron chi connectivity index (χ3n) is 10.1. The van der Waals surface area contributed by atoms with Crippen molar-refractivity contribution in [1.82, 2.24) is 5.32 Å². The smallest absolute Gasteiger partial charge is 0.306 e. The van der Waals surface area contributed by atoms with Crippen molar-refractivity contribution in [1.29, 1.82) is 0 Å². The van der Waals surface area contributed by atoms with E-state index in [4.69, 9.17) is 4.74 Å². The van der Waals surface area contributed by atoms with Crippen molar-refractivity contribution < 1.29 is 24.5 Å². The van der Waals surface area contributed by atoms with E-state index in [1.165, 1.54) is 128 Å². The summed E-state index contributed by atoms with van der Waals surface area (Å²) in [6.45, 7) is 6.40. The van der Waals surface area contributed by atoms with Gasteiger partial charge < -0.3 is 20.3 Å². The summed E-state index contributed by atoms with van der Waals surface area (Å²) in [4.78, 5) is 25.9. The van der Waals surface area contributed by atoms with Crippen LogP contribution in [0.4, 0.5) is 0 Å². The minimum atomic E-state index is -0.780. The average Bonchev–Trinajstić information content (AvgIpc) is 3.10. The average molecular weight is 708 g/mol. The molecule has 6 nitrogen and oxygen atoms in total. The molecule has 1 amide bonds. The molecule has 0 aromatic carbocycles. The van der Waals surface area contributed by atoms with Crippen LogP contribution >= 0.6 is 0 Å². The zero-order valence-corrected chi connectivity index (χ0v) is 33.5. The van der Waals surface area contributed by atoms with Gasteiger partial charge in [-0.1, -0.05) is 187 Å². The SMILES string of the molecule is CCC/C=C\CCCCCCCC(=O)OC(CCCCCCCCCCCCC)CC(=O)NC(CO)C(O)CCCCCCCCCCCC. The molecule has 296 valence electrons. The number of rotatable bonds is 39. The van der Waals surface area contributed by atoms with Crippen molar-refractivity contribution in [3.8, 4) is 0 Å². The number of aliphatic hydroxyl groups is 2. The van der Waals surface area contributed by atoms with Gasteiger partial charge in [0.2, 0.25) is 5.91 Å². The van der Waals surface area contributed by atoms with E-state index in [1.807, 2.05) is 0 Å². The summed E-state index contributed by atoms with van der Waals surface area (Å²) in [6, 6.07) is -0.693. The second-order valence-corrected chi connectivity index (χ2v) is 15.1. The number of unbranched alkanes of at least 4 members (excludes halogenated alkanes) is 25. The predicted octanol–water partition coefficient (Wildman–Crippen LogP) is 12.2. The van der Waals surface area contributed by atoms with Gasteiger partial charge in [0.1, 0.15) is 6.10 Å². The second kappa shape index (κ2) is 38.8. The summed E-state index contributed by atoms with van der Waals surface area (Å²) in [7, 11) is 0. The fourth-order valence-electron chi connectivity index (χ4n) is 6.73. The van der Waals surface area contributed by atoms with E-state index in [0.717, 1.165) is 57.8 Å². The normalized spacial score (nSPS) is 13.5. The first-order valence-electron chi connectivity index (χ1n) is 21.9. The van der Waals surface area contributed by atoms with Gasteiger partial charge in [0.05, 0.1) is 25.2 Å². The number of ether oxygens (including phenoxy) is 1. The summed E-state index contributed by atoms with van der Waals surface area (Å²) in [5, 5.41) is 23.5. The Morgan fingerprint density at radius 2 is 1.00 bits per heavy atom. The van der Waals surface area contributed by atoms with E-state index >= 15 is 0 Å². The molecular formula is C44H85NO5. The number of nitrogens with one attached hydrogen (secondary N) is 1. The molecule has 3 N–H and O–H groups in total. The summed E-state index contributed by atoms with van der Waals surface area (Å²) in [5.74, 6) is -0.479. The van der Waals surface area contributed by atoms with Crippen molar-refractivity contribution in [2.75, 3.05) is 6.61 Å². The molecule has 0 bridgehead atoms. The lowest BCUT2D eigenvalue weighted by Crippen LogP contribution is -2.46. The number of carbonyl (C=O) groups is 2. The zero-order chi connectivity index (χ0) is 36.8. The van der Waals surface area contributed by atoms with E-state index in [9.17, 15) is 19.8 Å². The van der Waals surface area contributed by atoms with E-state index in [-0.39, 0.29) is 24.9 Å². The van der Waals surface area contributed by atoms with Crippen LogP contribution in [-0.4, -0.2) is 46.9 Å². The molecular weight excluding hydrogens is 622 g/mol. The molecule has 0 spiro atoms. The van der Waals surface area contributed by atoms with Gasteiger partial charge in [-0.25, -0.2) is 0 Å². The number of allylic oxidation sites excluding steroid dienone is 2. The Morgan fingerprint density at radius 3 is 1.50 bits per heavy atom. The van der Waals surface area contributed by atoms with Crippen LogP contribution in [0.15, 0.2) is 12.2 Å². The van der Waals surface area contributed by atoms with Gasteiger partial charge in [0.15, 0.2) is 0 Å². The van der Waals surface area contributed by atoms with Crippen LogP contribution in [0.5, 0.6) is 0 Å². The van der Waals surface area contributed by atoms with Crippen LogP contribution in [-0.2, 0) is 14.3 Å². The fraction of sp³-hybridized carbons (Fsp3) is 0.909. The van der Waals surface area contributed by atoms with Crippen molar-refractivity contribution in [3.05, 3.63) is 12.2 Å². The maximum Gasteiger partial charge on any atom is 0.306 e. The van der Waals surface area contributed by atoms with Gasteiger partial charge in [-0.15, -0.1) is 0 Å². The molecule has 3 atom stereocenters. The molecule has 0 aliphatic heterocycles. The molecule has 6 heteroatoms. The quantitative estimate of drug-likeness (QED) is 0.0336. The lowest BCUT2D eigenvalue weighted by Gasteiger charge is -2.24. The van der Waals surface area contributed by atoms with Gasteiger partial charge >= 0.3 is 5.97 Å². The first kappa shape index (κ1) is 48.6. The number of hydrogen-bond acceptors (Lipinski definition) is 5. The van der Waals surface area contributed by atoms with E-state index in [1.54, 1.807) is 0 Å². The molecule has 0 heterocycles. The maximum atomic E-state index is 13.1. The molecule has 0 aromatic rings. The largest absolute Gasteiger partial charge is 0.462 e. The summed E-state index contributed by atoms with van der Waals surface area (Å²) >= 11 is 0. The van der Waals surface area contributed by atoms with Crippen molar-refractivity contribution in [2.45, 2.75) is 251 Å². The van der Waals surface area contributed by atoms with Gasteiger partial charge in [-0.2, -0.15) is 0 Å². The number of carbonyl (C=O) groups excluding carboxylic acids is 2. The summed E-state index contributed by atoms with van der Waals surface area (Å²) < 4.78 is 5.88. The number of amides is 1. The van der Waals surface area contributed by atoms with Crippen molar-refractivity contribution >= 4 is 11.9 Å². The highest BCUT2D eigenvalue weighted by Gasteiger charge is 2.24. The molecule has 0 aromatic heterocycles. The highest BCUT2D eigenvalue weighted by molar-refractivity contribution is 5.77. The Labute approximate surface area is 310 Å². The minimum absolute atomic E-state index is 0.0799. The lowest BCUT2D eigenvalue weighted by molar-refractivity contribution is -0.151. The highest BCUT2D eigenvalue weighted by Crippen LogP contribution is 2.18. The van der Waals surface area contributed by atoms with Crippen LogP contribution in [0, 0.1) is 0 Å². The Morgan fingerprint density at radius 1 is 0.560 bits per heavy atom. The molecule has 50 heavy (non-hydrogen) atoms. The molecule has 3 unspecified atom stereocenters. The maximum absolute atomic E-state index is 13.1. The molecule has 0 aliphatic carbocycles. The van der Waals surface area contributed by atoms with Gasteiger partial charge in [-0.05, 0) is 44.9 Å². The van der Waals surface area contributed by atoms with Crippen LogP contribution in [0.1, 0.15) is 233 Å². The predicted molar refractivity (Wildman–Crippen MR) is 213 cm³/mol. The van der Waals surface area contributed by atoms with Crippen LogP contribution in [0.3, 0.4) is 0 Å². The summed E-state index contributed by atoms with van der Waals surface area (Å²) in [5.41, 5.74) is 0. The molecule has 0 saturated heterocycles. The van der Waals surface area contributed by atoms with Gasteiger partial charge in [-0.3, -0.25) is 9.59 Å². The molecule has 0 fully saturated rings. The minimum Gasteiger partial charge on any atom is -0.462 e. The van der Waals surface area contributed by atoms with E-state index in [2.05, 4.69) is 38.2 Å². The second-order valence-electron chi connectivity index (χ2n) is 15.1. The standard InChI is InChI=1S/C44H85NO5/c1-4-7-10-13-16-19-22-23-26-29-32-35-40(50-44(49)37-34-31-28-25-21-18-15-12-9-6-3)38-43(48)45-41(39-46)42(47)36-33-30-27-24-20-17-14-11-8-5-2/h12,15,40-42,46-47H,4-11,13-14,16-39H2,1-3H3,(H,45,48)/b15-12-. The van der Waals surface area contributed by atoms with E-state index in [0.29, 0.717) is 19.3 Å². The number of aliphatic hydroxyl groups excluding tert-OH is 2. The molecule has 0 rings (SSSR count).